The molecule has 8 heteroatoms. The Bertz CT molecular complexity index is 1070. The number of esters is 1. The number of hydrogen-bond donors (Lipinski definition) is 1. The van der Waals surface area contributed by atoms with E-state index in [1.54, 1.807) is 12.1 Å². The van der Waals surface area contributed by atoms with Gasteiger partial charge in [0.15, 0.2) is 11.5 Å². The summed E-state index contributed by atoms with van der Waals surface area (Å²) in [6.45, 7) is 2.15. The number of aryl methyl sites for hydroxylation is 1. The molecule has 33 heavy (non-hydrogen) atoms. The van der Waals surface area contributed by atoms with Gasteiger partial charge in [-0.2, -0.15) is 0 Å². The van der Waals surface area contributed by atoms with Crippen LogP contribution in [0.4, 0.5) is 5.69 Å². The molecule has 0 spiro atoms. The fourth-order valence-corrected chi connectivity index (χ4v) is 4.40. The van der Waals surface area contributed by atoms with Crippen molar-refractivity contribution < 1.29 is 28.6 Å². The summed E-state index contributed by atoms with van der Waals surface area (Å²) in [5, 5.41) is 2.90. The van der Waals surface area contributed by atoms with Crippen LogP contribution in [-0.4, -0.2) is 42.9 Å². The number of ether oxygens (including phenoxy) is 3. The van der Waals surface area contributed by atoms with Crippen LogP contribution in [0.25, 0.3) is 0 Å². The van der Waals surface area contributed by atoms with Crippen LogP contribution < -0.4 is 14.8 Å². The minimum atomic E-state index is -0.991. The number of rotatable bonds is 8. The van der Waals surface area contributed by atoms with E-state index in [9.17, 15) is 14.4 Å². The van der Waals surface area contributed by atoms with Gasteiger partial charge in [-0.25, -0.2) is 4.79 Å². The number of unbranched alkanes of at least 4 members (excludes halogenated alkanes) is 1. The number of cyclic esters (lactones) is 1. The molecule has 2 aromatic carbocycles. The fourth-order valence-electron chi connectivity index (χ4n) is 4.40. The molecule has 1 fully saturated rings. The standard InChI is InChI=1S/C25H28N2O6/c1-4-5-6-15-7-9-16(10-8-15)26-23(29)18-12-14-20(28)27(18)24-17-11-13-19(31-2)22(32-3)21(17)25(30)33-24/h7-11,13,18,24H,4-6,12,14H2,1-3H3,(H,26,29). The topological polar surface area (TPSA) is 94.2 Å². The van der Waals surface area contributed by atoms with Gasteiger partial charge in [0, 0.05) is 17.7 Å². The number of methoxy groups -OCH3 is 2. The van der Waals surface area contributed by atoms with Gasteiger partial charge < -0.3 is 19.5 Å². The van der Waals surface area contributed by atoms with E-state index in [2.05, 4.69) is 12.2 Å². The van der Waals surface area contributed by atoms with E-state index >= 15 is 0 Å². The lowest BCUT2D eigenvalue weighted by Crippen LogP contribution is -2.43. The molecule has 0 saturated carbocycles. The molecule has 2 atom stereocenters. The van der Waals surface area contributed by atoms with E-state index in [4.69, 9.17) is 14.2 Å². The van der Waals surface area contributed by atoms with E-state index in [-0.39, 0.29) is 29.5 Å². The number of fused-ring (bicyclic) bond motifs is 1. The van der Waals surface area contributed by atoms with Gasteiger partial charge in [-0.05, 0) is 49.1 Å². The van der Waals surface area contributed by atoms with Crippen molar-refractivity contribution in [2.75, 3.05) is 19.5 Å². The molecule has 2 amide bonds. The van der Waals surface area contributed by atoms with Crippen molar-refractivity contribution in [3.05, 3.63) is 53.1 Å². The maximum Gasteiger partial charge on any atom is 0.344 e. The lowest BCUT2D eigenvalue weighted by molar-refractivity contribution is -0.144. The second kappa shape index (κ2) is 9.52. The molecule has 2 heterocycles. The number of nitrogens with zero attached hydrogens (tertiary/aromatic N) is 1. The first kappa shape index (κ1) is 22.6. The summed E-state index contributed by atoms with van der Waals surface area (Å²) in [6, 6.07) is 10.3. The lowest BCUT2D eigenvalue weighted by atomic mass is 10.0. The Labute approximate surface area is 192 Å². The third-order valence-corrected chi connectivity index (χ3v) is 6.12. The number of hydrogen-bond acceptors (Lipinski definition) is 6. The van der Waals surface area contributed by atoms with Gasteiger partial charge in [0.25, 0.3) is 0 Å². The monoisotopic (exact) mass is 452 g/mol. The Morgan fingerprint density at radius 2 is 1.88 bits per heavy atom. The molecule has 8 nitrogen and oxygen atoms in total. The molecule has 174 valence electrons. The van der Waals surface area contributed by atoms with E-state index in [1.807, 2.05) is 24.3 Å². The maximum atomic E-state index is 13.1. The Kier molecular flexibility index (Phi) is 6.53. The molecule has 2 unspecified atom stereocenters. The molecule has 1 saturated heterocycles. The molecule has 0 aromatic heterocycles. The number of carbonyl (C=O) groups excluding carboxylic acids is 3. The molecule has 0 bridgehead atoms. The molecule has 2 aromatic rings. The van der Waals surface area contributed by atoms with E-state index in [1.165, 1.54) is 24.7 Å². The Balaban J connectivity index is 1.56. The van der Waals surface area contributed by atoms with Crippen molar-refractivity contribution in [1.29, 1.82) is 0 Å². The largest absolute Gasteiger partial charge is 0.493 e. The van der Waals surface area contributed by atoms with E-state index in [0.717, 1.165) is 19.3 Å². The first-order chi connectivity index (χ1) is 16.0. The van der Waals surface area contributed by atoms with Crippen molar-refractivity contribution in [2.24, 2.45) is 0 Å². The highest BCUT2D eigenvalue weighted by Gasteiger charge is 2.47. The van der Waals surface area contributed by atoms with Crippen LogP contribution in [0.3, 0.4) is 0 Å². The molecular formula is C25H28N2O6. The molecule has 2 aliphatic heterocycles. The van der Waals surface area contributed by atoms with Crippen molar-refractivity contribution in [3.63, 3.8) is 0 Å². The zero-order valence-corrected chi connectivity index (χ0v) is 19.1. The lowest BCUT2D eigenvalue weighted by Gasteiger charge is -2.29. The van der Waals surface area contributed by atoms with E-state index < -0.39 is 18.2 Å². The van der Waals surface area contributed by atoms with Gasteiger partial charge in [0.2, 0.25) is 18.0 Å². The molecule has 0 aliphatic carbocycles. The molecular weight excluding hydrogens is 424 g/mol. The highest BCUT2D eigenvalue weighted by atomic mass is 16.6. The maximum absolute atomic E-state index is 13.1. The minimum absolute atomic E-state index is 0.199. The smallest absolute Gasteiger partial charge is 0.344 e. The fraction of sp³-hybridized carbons (Fsp3) is 0.400. The quantitative estimate of drug-likeness (QED) is 0.612. The summed E-state index contributed by atoms with van der Waals surface area (Å²) in [6.07, 6.45) is 2.78. The van der Waals surface area contributed by atoms with Gasteiger partial charge in [0.05, 0.1) is 14.2 Å². The predicted molar refractivity (Wildman–Crippen MR) is 121 cm³/mol. The molecule has 0 radical (unpaired) electrons. The SMILES string of the molecule is CCCCc1ccc(NC(=O)C2CCC(=O)N2C2OC(=O)c3c2ccc(OC)c3OC)cc1. The van der Waals surface area contributed by atoms with Crippen molar-refractivity contribution in [1.82, 2.24) is 4.90 Å². The number of carbonyl (C=O) groups is 3. The normalized spacial score (nSPS) is 19.3. The minimum Gasteiger partial charge on any atom is -0.493 e. The van der Waals surface area contributed by atoms with Crippen LogP contribution in [0.1, 0.15) is 60.3 Å². The average Bonchev–Trinajstić information content (AvgIpc) is 3.37. The Morgan fingerprint density at radius 1 is 1.12 bits per heavy atom. The second-order valence-corrected chi connectivity index (χ2v) is 8.17. The van der Waals surface area contributed by atoms with Gasteiger partial charge >= 0.3 is 5.97 Å². The zero-order valence-electron chi connectivity index (χ0n) is 19.1. The first-order valence-electron chi connectivity index (χ1n) is 11.1. The third-order valence-electron chi connectivity index (χ3n) is 6.12. The highest BCUT2D eigenvalue weighted by Crippen LogP contribution is 2.45. The van der Waals surface area contributed by atoms with Crippen LogP contribution in [-0.2, 0) is 20.7 Å². The van der Waals surface area contributed by atoms with Gasteiger partial charge in [-0.1, -0.05) is 25.5 Å². The van der Waals surface area contributed by atoms with Crippen LogP contribution in [0.2, 0.25) is 0 Å². The molecule has 2 aliphatic rings. The van der Waals surface area contributed by atoms with E-state index in [0.29, 0.717) is 23.4 Å². The third kappa shape index (κ3) is 4.25. The summed E-state index contributed by atoms with van der Waals surface area (Å²) in [5.74, 6) is -0.540. The number of benzene rings is 2. The first-order valence-corrected chi connectivity index (χ1v) is 11.1. The zero-order chi connectivity index (χ0) is 23.5. The number of likely N-dealkylation sites (tertiary alicyclic amines) is 1. The Hall–Kier alpha value is -3.55. The molecule has 4 rings (SSSR count). The van der Waals surface area contributed by atoms with Gasteiger partial charge in [0.1, 0.15) is 11.6 Å². The van der Waals surface area contributed by atoms with Crippen LogP contribution in [0.5, 0.6) is 11.5 Å². The number of anilines is 1. The summed E-state index contributed by atoms with van der Waals surface area (Å²) in [5.41, 5.74) is 2.57. The summed E-state index contributed by atoms with van der Waals surface area (Å²) in [4.78, 5) is 39.9. The van der Waals surface area contributed by atoms with Crippen molar-refractivity contribution in [2.45, 2.75) is 51.3 Å². The summed E-state index contributed by atoms with van der Waals surface area (Å²) in [7, 11) is 2.91. The van der Waals surface area contributed by atoms with Gasteiger partial charge in [-0.15, -0.1) is 0 Å². The Morgan fingerprint density at radius 3 is 2.55 bits per heavy atom. The number of nitrogens with one attached hydrogen (secondary N) is 1. The summed E-state index contributed by atoms with van der Waals surface area (Å²) < 4.78 is 16.2. The van der Waals surface area contributed by atoms with Crippen LogP contribution in [0.15, 0.2) is 36.4 Å². The van der Waals surface area contributed by atoms with Gasteiger partial charge in [-0.3, -0.25) is 14.5 Å². The van der Waals surface area contributed by atoms with Crippen molar-refractivity contribution >= 4 is 23.5 Å². The summed E-state index contributed by atoms with van der Waals surface area (Å²) >= 11 is 0. The van der Waals surface area contributed by atoms with Crippen LogP contribution >= 0.6 is 0 Å². The highest BCUT2D eigenvalue weighted by molar-refractivity contribution is 6.01. The van der Waals surface area contributed by atoms with Crippen LogP contribution in [0, 0.1) is 0 Å². The van der Waals surface area contributed by atoms with Crippen molar-refractivity contribution in [3.8, 4) is 11.5 Å². The predicted octanol–water partition coefficient (Wildman–Crippen LogP) is 3.85. The average molecular weight is 453 g/mol. The second-order valence-electron chi connectivity index (χ2n) is 8.17. The molecule has 1 N–H and O–H groups in total. The number of amides is 2.